The van der Waals surface area contributed by atoms with Gasteiger partial charge in [0.2, 0.25) is 0 Å². The van der Waals surface area contributed by atoms with Gasteiger partial charge in [0.15, 0.2) is 0 Å². The Morgan fingerprint density at radius 3 is 2.80 bits per heavy atom. The standard InChI is InChI=1S/C16H16N4/c1-3-13-15(19-10-20-16(13)17-2)12-6-7-14-11(9-12)5-4-8-18-14/h4-10H,3H2,1-2H3,(H,17,19,20). The van der Waals surface area contributed by atoms with Crippen LogP contribution in [0.3, 0.4) is 0 Å². The van der Waals surface area contributed by atoms with Crippen molar-refractivity contribution in [1.29, 1.82) is 0 Å². The second-order valence-electron chi connectivity index (χ2n) is 4.56. The van der Waals surface area contributed by atoms with Gasteiger partial charge >= 0.3 is 0 Å². The average molecular weight is 264 g/mol. The van der Waals surface area contributed by atoms with E-state index in [1.54, 1.807) is 6.33 Å². The van der Waals surface area contributed by atoms with Crippen LogP contribution in [0.1, 0.15) is 12.5 Å². The SMILES string of the molecule is CCc1c(NC)ncnc1-c1ccc2ncccc2c1. The van der Waals surface area contributed by atoms with Gasteiger partial charge in [0, 0.05) is 29.8 Å². The molecule has 0 amide bonds. The quantitative estimate of drug-likeness (QED) is 0.788. The summed E-state index contributed by atoms with van der Waals surface area (Å²) in [7, 11) is 1.88. The molecule has 100 valence electrons. The highest BCUT2D eigenvalue weighted by Crippen LogP contribution is 2.28. The number of benzene rings is 1. The maximum Gasteiger partial charge on any atom is 0.132 e. The number of hydrogen-bond acceptors (Lipinski definition) is 4. The van der Waals surface area contributed by atoms with Gasteiger partial charge in [0.05, 0.1) is 11.2 Å². The van der Waals surface area contributed by atoms with Gasteiger partial charge < -0.3 is 5.32 Å². The Balaban J connectivity index is 2.20. The van der Waals surface area contributed by atoms with Crippen molar-refractivity contribution in [1.82, 2.24) is 15.0 Å². The van der Waals surface area contributed by atoms with Gasteiger partial charge in [0.25, 0.3) is 0 Å². The topological polar surface area (TPSA) is 50.7 Å². The number of pyridine rings is 1. The van der Waals surface area contributed by atoms with Crippen molar-refractivity contribution in [2.45, 2.75) is 13.3 Å². The Kier molecular flexibility index (Phi) is 3.29. The van der Waals surface area contributed by atoms with E-state index in [2.05, 4.69) is 45.4 Å². The smallest absolute Gasteiger partial charge is 0.132 e. The lowest BCUT2D eigenvalue weighted by Crippen LogP contribution is -2.02. The number of aromatic nitrogens is 3. The zero-order valence-electron chi connectivity index (χ0n) is 11.6. The van der Waals surface area contributed by atoms with Crippen LogP contribution in [0.25, 0.3) is 22.2 Å². The first-order valence-electron chi connectivity index (χ1n) is 6.70. The van der Waals surface area contributed by atoms with Gasteiger partial charge in [-0.15, -0.1) is 0 Å². The maximum atomic E-state index is 4.46. The minimum Gasteiger partial charge on any atom is -0.373 e. The van der Waals surface area contributed by atoms with Crippen molar-refractivity contribution in [2.24, 2.45) is 0 Å². The van der Waals surface area contributed by atoms with Crippen LogP contribution in [-0.2, 0) is 6.42 Å². The molecule has 0 unspecified atom stereocenters. The maximum absolute atomic E-state index is 4.46. The van der Waals surface area contributed by atoms with Crippen molar-refractivity contribution >= 4 is 16.7 Å². The normalized spacial score (nSPS) is 10.7. The van der Waals surface area contributed by atoms with Gasteiger partial charge in [-0.25, -0.2) is 9.97 Å². The summed E-state index contributed by atoms with van der Waals surface area (Å²) < 4.78 is 0. The first-order valence-corrected chi connectivity index (χ1v) is 6.70. The summed E-state index contributed by atoms with van der Waals surface area (Å²) in [5, 5.41) is 4.25. The summed E-state index contributed by atoms with van der Waals surface area (Å²) in [6, 6.07) is 10.2. The summed E-state index contributed by atoms with van der Waals surface area (Å²) in [6.07, 6.45) is 4.30. The molecule has 0 bridgehead atoms. The number of hydrogen-bond donors (Lipinski definition) is 1. The third-order valence-electron chi connectivity index (χ3n) is 3.41. The summed E-state index contributed by atoms with van der Waals surface area (Å²) in [5.41, 5.74) is 4.22. The summed E-state index contributed by atoms with van der Waals surface area (Å²) >= 11 is 0. The molecule has 20 heavy (non-hydrogen) atoms. The van der Waals surface area contributed by atoms with Crippen LogP contribution in [0.2, 0.25) is 0 Å². The number of nitrogens with one attached hydrogen (secondary N) is 1. The molecule has 4 heteroatoms. The van der Waals surface area contributed by atoms with Crippen molar-refractivity contribution in [3.63, 3.8) is 0 Å². The third kappa shape index (κ3) is 2.09. The lowest BCUT2D eigenvalue weighted by molar-refractivity contribution is 1.05. The fourth-order valence-corrected chi connectivity index (χ4v) is 2.43. The monoisotopic (exact) mass is 264 g/mol. The van der Waals surface area contributed by atoms with E-state index in [-0.39, 0.29) is 0 Å². The lowest BCUT2D eigenvalue weighted by Gasteiger charge is -2.11. The van der Waals surface area contributed by atoms with E-state index < -0.39 is 0 Å². The van der Waals surface area contributed by atoms with Gasteiger partial charge in [-0.2, -0.15) is 0 Å². The Labute approximate surface area is 117 Å². The molecule has 0 aliphatic rings. The van der Waals surface area contributed by atoms with Crippen LogP contribution in [-0.4, -0.2) is 22.0 Å². The van der Waals surface area contributed by atoms with Crippen molar-refractivity contribution < 1.29 is 0 Å². The predicted molar refractivity (Wildman–Crippen MR) is 81.7 cm³/mol. The molecule has 0 aliphatic carbocycles. The molecular weight excluding hydrogens is 248 g/mol. The molecule has 0 fully saturated rings. The third-order valence-corrected chi connectivity index (χ3v) is 3.41. The molecule has 0 spiro atoms. The van der Waals surface area contributed by atoms with E-state index in [1.165, 1.54) is 0 Å². The second kappa shape index (κ2) is 5.25. The Morgan fingerprint density at radius 2 is 2.00 bits per heavy atom. The number of fused-ring (bicyclic) bond motifs is 1. The summed E-state index contributed by atoms with van der Waals surface area (Å²) in [4.78, 5) is 13.1. The molecule has 0 radical (unpaired) electrons. The van der Waals surface area contributed by atoms with E-state index in [0.29, 0.717) is 0 Å². The van der Waals surface area contributed by atoms with E-state index in [1.807, 2.05) is 25.4 Å². The van der Waals surface area contributed by atoms with Crippen LogP contribution in [0.4, 0.5) is 5.82 Å². The second-order valence-corrected chi connectivity index (χ2v) is 4.56. The van der Waals surface area contributed by atoms with E-state index in [9.17, 15) is 0 Å². The van der Waals surface area contributed by atoms with Crippen molar-refractivity contribution in [3.05, 3.63) is 48.4 Å². The van der Waals surface area contributed by atoms with E-state index >= 15 is 0 Å². The van der Waals surface area contributed by atoms with Crippen LogP contribution in [0, 0.1) is 0 Å². The van der Waals surface area contributed by atoms with E-state index in [0.717, 1.165) is 40.0 Å². The molecule has 0 atom stereocenters. The van der Waals surface area contributed by atoms with Gasteiger partial charge in [-0.1, -0.05) is 19.1 Å². The van der Waals surface area contributed by atoms with Crippen LogP contribution < -0.4 is 5.32 Å². The van der Waals surface area contributed by atoms with Crippen LogP contribution >= 0.6 is 0 Å². The summed E-state index contributed by atoms with van der Waals surface area (Å²) in [5.74, 6) is 0.892. The van der Waals surface area contributed by atoms with Gasteiger partial charge in [-0.3, -0.25) is 4.98 Å². The van der Waals surface area contributed by atoms with E-state index in [4.69, 9.17) is 0 Å². The minimum absolute atomic E-state index is 0.886. The first kappa shape index (κ1) is 12.5. The fourth-order valence-electron chi connectivity index (χ4n) is 2.43. The van der Waals surface area contributed by atoms with Crippen molar-refractivity contribution in [3.8, 4) is 11.3 Å². The molecular formula is C16H16N4. The largest absolute Gasteiger partial charge is 0.373 e. The molecule has 4 nitrogen and oxygen atoms in total. The van der Waals surface area contributed by atoms with Crippen LogP contribution in [0.5, 0.6) is 0 Å². The highest BCUT2D eigenvalue weighted by molar-refractivity contribution is 5.84. The average Bonchev–Trinajstić information content (AvgIpc) is 2.53. The molecule has 2 aromatic heterocycles. The van der Waals surface area contributed by atoms with Crippen molar-refractivity contribution in [2.75, 3.05) is 12.4 Å². The molecule has 0 saturated carbocycles. The lowest BCUT2D eigenvalue weighted by atomic mass is 10.0. The van der Waals surface area contributed by atoms with Gasteiger partial charge in [0.1, 0.15) is 12.1 Å². The molecule has 0 aliphatic heterocycles. The molecule has 3 rings (SSSR count). The highest BCUT2D eigenvalue weighted by atomic mass is 15.0. The molecule has 0 saturated heterocycles. The first-order chi connectivity index (χ1) is 9.83. The fraction of sp³-hybridized carbons (Fsp3) is 0.188. The number of rotatable bonds is 3. The van der Waals surface area contributed by atoms with Gasteiger partial charge in [-0.05, 0) is 24.6 Å². The Hall–Kier alpha value is -2.49. The molecule has 2 heterocycles. The zero-order chi connectivity index (χ0) is 13.9. The number of anilines is 1. The zero-order valence-corrected chi connectivity index (χ0v) is 11.6. The highest BCUT2D eigenvalue weighted by Gasteiger charge is 2.11. The predicted octanol–water partition coefficient (Wildman–Crippen LogP) is 3.30. The minimum atomic E-state index is 0.886. The number of nitrogens with zero attached hydrogens (tertiary/aromatic N) is 3. The molecule has 1 aromatic carbocycles. The Morgan fingerprint density at radius 1 is 1.10 bits per heavy atom. The molecule has 1 N–H and O–H groups in total. The molecule has 3 aromatic rings. The van der Waals surface area contributed by atoms with Crippen LogP contribution in [0.15, 0.2) is 42.9 Å². The summed E-state index contributed by atoms with van der Waals surface area (Å²) in [6.45, 7) is 2.12. The Bertz CT molecular complexity index is 752.